The summed E-state index contributed by atoms with van der Waals surface area (Å²) in [7, 11) is 0. The number of pyridine rings is 1. The highest BCUT2D eigenvalue weighted by Crippen LogP contribution is 2.08. The Bertz CT molecular complexity index is 664. The number of nitrogens with zero attached hydrogens (tertiary/aromatic N) is 3. The fourth-order valence-electron chi connectivity index (χ4n) is 2.34. The molecular weight excluding hydrogens is 266 g/mol. The van der Waals surface area contributed by atoms with Gasteiger partial charge in [-0.15, -0.1) is 0 Å². The number of aryl methyl sites for hydroxylation is 1. The molecule has 2 heterocycles. The molecule has 0 saturated carbocycles. The van der Waals surface area contributed by atoms with E-state index in [1.54, 1.807) is 16.7 Å². The summed E-state index contributed by atoms with van der Waals surface area (Å²) < 4.78 is 1.58. The van der Waals surface area contributed by atoms with Crippen LogP contribution in [0, 0.1) is 6.92 Å². The van der Waals surface area contributed by atoms with E-state index in [-0.39, 0.29) is 12.2 Å². The van der Waals surface area contributed by atoms with E-state index >= 15 is 0 Å². The predicted molar refractivity (Wildman–Crippen MR) is 83.4 cm³/mol. The van der Waals surface area contributed by atoms with Crippen LogP contribution in [0.1, 0.15) is 31.5 Å². The molecule has 0 aliphatic carbocycles. The van der Waals surface area contributed by atoms with Crippen LogP contribution in [-0.2, 0) is 6.54 Å². The lowest BCUT2D eigenvalue weighted by Crippen LogP contribution is -2.32. The van der Waals surface area contributed by atoms with Crippen molar-refractivity contribution in [1.82, 2.24) is 14.3 Å². The zero-order chi connectivity index (χ0) is 15.4. The fourth-order valence-corrected chi connectivity index (χ4v) is 2.34. The molecule has 0 amide bonds. The van der Waals surface area contributed by atoms with E-state index in [1.807, 2.05) is 19.1 Å². The summed E-state index contributed by atoms with van der Waals surface area (Å²) >= 11 is 0. The molecule has 2 rings (SSSR count). The van der Waals surface area contributed by atoms with E-state index < -0.39 is 0 Å². The lowest BCUT2D eigenvalue weighted by atomic mass is 10.2. The summed E-state index contributed by atoms with van der Waals surface area (Å²) in [6.45, 7) is 7.76. The maximum atomic E-state index is 12.2. The van der Waals surface area contributed by atoms with Crippen LogP contribution in [0.4, 0.5) is 0 Å². The predicted octanol–water partition coefficient (Wildman–Crippen LogP) is 1.60. The van der Waals surface area contributed by atoms with Gasteiger partial charge in [0, 0.05) is 38.0 Å². The lowest BCUT2D eigenvalue weighted by Gasteiger charge is -2.25. The Morgan fingerprint density at radius 3 is 2.81 bits per heavy atom. The molecule has 0 aliphatic heterocycles. The minimum absolute atomic E-state index is 0.0513. The second-order valence-electron chi connectivity index (χ2n) is 5.66. The SMILES string of the molecule is Cc1ccc2nc(CN(CCCO)C(C)C)cc(=O)n2c1. The molecule has 1 N–H and O–H groups in total. The molecule has 21 heavy (non-hydrogen) atoms. The first-order chi connectivity index (χ1) is 10.0. The average Bonchev–Trinajstić information content (AvgIpc) is 2.44. The van der Waals surface area contributed by atoms with Gasteiger partial charge in [-0.2, -0.15) is 0 Å². The number of aromatic nitrogens is 2. The summed E-state index contributed by atoms with van der Waals surface area (Å²) in [6.07, 6.45) is 2.53. The van der Waals surface area contributed by atoms with Gasteiger partial charge in [0.15, 0.2) is 0 Å². The molecule has 0 aromatic carbocycles. The monoisotopic (exact) mass is 289 g/mol. The Labute approximate surface area is 124 Å². The molecule has 0 radical (unpaired) electrons. The zero-order valence-corrected chi connectivity index (χ0v) is 12.9. The van der Waals surface area contributed by atoms with Crippen LogP contribution < -0.4 is 5.56 Å². The van der Waals surface area contributed by atoms with Crippen molar-refractivity contribution in [2.24, 2.45) is 0 Å². The smallest absolute Gasteiger partial charge is 0.258 e. The van der Waals surface area contributed by atoms with Gasteiger partial charge in [0.25, 0.3) is 5.56 Å². The number of hydrogen-bond acceptors (Lipinski definition) is 4. The standard InChI is InChI=1S/C16H23N3O2/c1-12(2)18(7-4-8-20)11-14-9-16(21)19-10-13(3)5-6-15(19)17-14/h5-6,9-10,12,20H,4,7-8,11H2,1-3H3. The van der Waals surface area contributed by atoms with E-state index in [1.165, 1.54) is 0 Å². The molecule has 2 aromatic rings. The third kappa shape index (κ3) is 3.89. The van der Waals surface area contributed by atoms with Gasteiger partial charge >= 0.3 is 0 Å². The molecule has 5 nitrogen and oxygen atoms in total. The van der Waals surface area contributed by atoms with Crippen molar-refractivity contribution in [2.45, 2.75) is 39.8 Å². The summed E-state index contributed by atoms with van der Waals surface area (Å²) in [6, 6.07) is 5.77. The second-order valence-corrected chi connectivity index (χ2v) is 5.66. The average molecular weight is 289 g/mol. The van der Waals surface area contributed by atoms with Gasteiger partial charge < -0.3 is 5.11 Å². The van der Waals surface area contributed by atoms with Crippen molar-refractivity contribution in [2.75, 3.05) is 13.2 Å². The van der Waals surface area contributed by atoms with Gasteiger partial charge in [0.1, 0.15) is 5.65 Å². The Balaban J connectivity index is 2.29. The quantitative estimate of drug-likeness (QED) is 0.877. The minimum atomic E-state index is -0.0513. The first kappa shape index (κ1) is 15.7. The van der Waals surface area contributed by atoms with E-state index in [4.69, 9.17) is 5.11 Å². The van der Waals surface area contributed by atoms with Gasteiger partial charge in [-0.1, -0.05) is 6.07 Å². The van der Waals surface area contributed by atoms with Crippen LogP contribution in [0.25, 0.3) is 5.65 Å². The molecular formula is C16H23N3O2. The van der Waals surface area contributed by atoms with Crippen LogP contribution in [0.2, 0.25) is 0 Å². The molecule has 0 unspecified atom stereocenters. The highest BCUT2D eigenvalue weighted by Gasteiger charge is 2.12. The number of hydrogen-bond donors (Lipinski definition) is 1. The molecule has 114 valence electrons. The number of aliphatic hydroxyl groups is 1. The van der Waals surface area contributed by atoms with Gasteiger partial charge in [-0.25, -0.2) is 4.98 Å². The van der Waals surface area contributed by atoms with E-state index in [9.17, 15) is 4.79 Å². The van der Waals surface area contributed by atoms with Crippen molar-refractivity contribution in [3.05, 3.63) is 46.0 Å². The Hall–Kier alpha value is -1.72. The molecule has 5 heteroatoms. The number of aliphatic hydroxyl groups excluding tert-OH is 1. The van der Waals surface area contributed by atoms with Crippen molar-refractivity contribution in [1.29, 1.82) is 0 Å². The topological polar surface area (TPSA) is 57.8 Å². The number of rotatable bonds is 6. The third-order valence-electron chi connectivity index (χ3n) is 3.56. The van der Waals surface area contributed by atoms with Crippen LogP contribution in [0.5, 0.6) is 0 Å². The van der Waals surface area contributed by atoms with Gasteiger partial charge in [0.2, 0.25) is 0 Å². The van der Waals surface area contributed by atoms with Gasteiger partial charge in [-0.3, -0.25) is 14.1 Å². The van der Waals surface area contributed by atoms with Crippen molar-refractivity contribution < 1.29 is 5.11 Å². The molecule has 2 aromatic heterocycles. The summed E-state index contributed by atoms with van der Waals surface area (Å²) in [4.78, 5) is 19.0. The molecule has 0 fully saturated rings. The normalized spacial score (nSPS) is 11.7. The van der Waals surface area contributed by atoms with E-state index in [0.717, 1.165) is 24.2 Å². The fraction of sp³-hybridized carbons (Fsp3) is 0.500. The Morgan fingerprint density at radius 1 is 1.38 bits per heavy atom. The first-order valence-corrected chi connectivity index (χ1v) is 7.35. The maximum absolute atomic E-state index is 12.2. The van der Waals surface area contributed by atoms with E-state index in [0.29, 0.717) is 18.2 Å². The molecule has 0 spiro atoms. The lowest BCUT2D eigenvalue weighted by molar-refractivity contribution is 0.183. The second kappa shape index (κ2) is 6.83. The Kier molecular flexibility index (Phi) is 5.09. The highest BCUT2D eigenvalue weighted by atomic mass is 16.3. The van der Waals surface area contributed by atoms with Crippen LogP contribution in [0.3, 0.4) is 0 Å². The first-order valence-electron chi connectivity index (χ1n) is 7.35. The molecule has 0 aliphatic rings. The molecule has 0 bridgehead atoms. The van der Waals surface area contributed by atoms with Gasteiger partial charge in [-0.05, 0) is 38.8 Å². The maximum Gasteiger partial charge on any atom is 0.258 e. The molecule has 0 atom stereocenters. The Morgan fingerprint density at radius 2 is 2.14 bits per heavy atom. The largest absolute Gasteiger partial charge is 0.396 e. The van der Waals surface area contributed by atoms with Crippen molar-refractivity contribution in [3.63, 3.8) is 0 Å². The van der Waals surface area contributed by atoms with Crippen LogP contribution >= 0.6 is 0 Å². The van der Waals surface area contributed by atoms with E-state index in [2.05, 4.69) is 23.7 Å². The van der Waals surface area contributed by atoms with Crippen molar-refractivity contribution in [3.8, 4) is 0 Å². The zero-order valence-electron chi connectivity index (χ0n) is 12.9. The number of fused-ring (bicyclic) bond motifs is 1. The molecule has 0 saturated heterocycles. The summed E-state index contributed by atoms with van der Waals surface area (Å²) in [5.41, 5.74) is 2.43. The van der Waals surface area contributed by atoms with Crippen LogP contribution in [0.15, 0.2) is 29.2 Å². The van der Waals surface area contributed by atoms with Gasteiger partial charge in [0.05, 0.1) is 5.69 Å². The summed E-state index contributed by atoms with van der Waals surface area (Å²) in [5, 5.41) is 8.98. The summed E-state index contributed by atoms with van der Waals surface area (Å²) in [5.74, 6) is 0. The highest BCUT2D eigenvalue weighted by molar-refractivity contribution is 5.39. The van der Waals surface area contributed by atoms with Crippen LogP contribution in [-0.4, -0.2) is 38.6 Å². The minimum Gasteiger partial charge on any atom is -0.396 e. The van der Waals surface area contributed by atoms with Crippen molar-refractivity contribution >= 4 is 5.65 Å². The third-order valence-corrected chi connectivity index (χ3v) is 3.56.